The van der Waals surface area contributed by atoms with E-state index in [0.717, 1.165) is 34.0 Å². The van der Waals surface area contributed by atoms with Crippen LogP contribution in [0.4, 0.5) is 4.79 Å². The van der Waals surface area contributed by atoms with E-state index in [1.807, 2.05) is 0 Å². The molecule has 2 aromatic rings. The number of carbonyl (C=O) groups is 3. The Bertz CT molecular complexity index is 921. The van der Waals surface area contributed by atoms with Crippen molar-refractivity contribution in [3.05, 3.63) is 64.6 Å². The van der Waals surface area contributed by atoms with Crippen molar-refractivity contribution >= 4 is 46.7 Å². The first-order valence-electron chi connectivity index (χ1n) is 8.27. The summed E-state index contributed by atoms with van der Waals surface area (Å²) in [5.74, 6) is -0.611. The molecular formula is C18H16N4O4S2. The number of rotatable bonds is 7. The van der Waals surface area contributed by atoms with Crippen LogP contribution in [0, 0.1) is 5.21 Å². The summed E-state index contributed by atoms with van der Waals surface area (Å²) in [7, 11) is 0. The molecule has 3 rings (SSSR count). The SMILES string of the molecule is O=C(CSc1cccc[n+]1[O-])NCCN1C(=O)S/C(=C\c2cccnc2)C1=O. The van der Waals surface area contributed by atoms with E-state index in [4.69, 9.17) is 0 Å². The number of hydrogen-bond donors (Lipinski definition) is 1. The van der Waals surface area contributed by atoms with Crippen molar-refractivity contribution in [2.45, 2.75) is 5.03 Å². The highest BCUT2D eigenvalue weighted by Gasteiger charge is 2.34. The van der Waals surface area contributed by atoms with E-state index in [1.165, 1.54) is 6.20 Å². The molecule has 2 aromatic heterocycles. The number of pyridine rings is 2. The molecular weight excluding hydrogens is 400 g/mol. The largest absolute Gasteiger partial charge is 0.618 e. The van der Waals surface area contributed by atoms with E-state index in [-0.39, 0.29) is 35.9 Å². The van der Waals surface area contributed by atoms with Crippen LogP contribution in [0.2, 0.25) is 0 Å². The highest BCUT2D eigenvalue weighted by molar-refractivity contribution is 8.18. The Hall–Kier alpha value is -2.85. The maximum atomic E-state index is 12.4. The van der Waals surface area contributed by atoms with Crippen molar-refractivity contribution in [3.63, 3.8) is 0 Å². The quantitative estimate of drug-likeness (QED) is 0.317. The molecule has 0 spiro atoms. The van der Waals surface area contributed by atoms with E-state index in [2.05, 4.69) is 10.3 Å². The average Bonchev–Trinajstić information content (AvgIpc) is 2.95. The van der Waals surface area contributed by atoms with Crippen LogP contribution in [0.25, 0.3) is 6.08 Å². The summed E-state index contributed by atoms with van der Waals surface area (Å²) in [5.41, 5.74) is 0.731. The van der Waals surface area contributed by atoms with Crippen LogP contribution in [0.5, 0.6) is 0 Å². The van der Waals surface area contributed by atoms with E-state index < -0.39 is 0 Å². The Labute approximate surface area is 169 Å². The molecule has 0 unspecified atom stereocenters. The zero-order chi connectivity index (χ0) is 19.9. The second-order valence-electron chi connectivity index (χ2n) is 5.62. The number of nitrogens with one attached hydrogen (secondary N) is 1. The summed E-state index contributed by atoms with van der Waals surface area (Å²) < 4.78 is 0.687. The van der Waals surface area contributed by atoms with Gasteiger partial charge in [0.1, 0.15) is 0 Å². The Morgan fingerprint density at radius 3 is 2.93 bits per heavy atom. The second-order valence-corrected chi connectivity index (χ2v) is 7.61. The molecule has 0 aliphatic carbocycles. The fourth-order valence-electron chi connectivity index (χ4n) is 2.33. The fourth-order valence-corrected chi connectivity index (χ4v) is 3.94. The van der Waals surface area contributed by atoms with Crippen LogP contribution in [0.3, 0.4) is 0 Å². The van der Waals surface area contributed by atoms with Crippen LogP contribution >= 0.6 is 23.5 Å². The predicted octanol–water partition coefficient (Wildman–Crippen LogP) is 1.66. The molecule has 0 atom stereocenters. The molecule has 1 aliphatic rings. The van der Waals surface area contributed by atoms with E-state index in [9.17, 15) is 19.6 Å². The van der Waals surface area contributed by atoms with Gasteiger partial charge in [-0.25, -0.2) is 0 Å². The summed E-state index contributed by atoms with van der Waals surface area (Å²) in [6, 6.07) is 8.48. The number of hydrogen-bond acceptors (Lipinski definition) is 7. The first-order chi connectivity index (χ1) is 13.5. The van der Waals surface area contributed by atoms with Crippen LogP contribution in [-0.4, -0.2) is 45.8 Å². The van der Waals surface area contributed by atoms with Gasteiger partial charge >= 0.3 is 0 Å². The molecule has 1 saturated heterocycles. The third-order valence-electron chi connectivity index (χ3n) is 3.65. The van der Waals surface area contributed by atoms with Crippen LogP contribution in [-0.2, 0) is 9.59 Å². The Kier molecular flexibility index (Phi) is 6.66. The third-order valence-corrected chi connectivity index (χ3v) is 5.58. The summed E-state index contributed by atoms with van der Waals surface area (Å²) in [6.45, 7) is 0.224. The first-order valence-corrected chi connectivity index (χ1v) is 10.1. The molecule has 3 amide bonds. The Morgan fingerprint density at radius 2 is 2.18 bits per heavy atom. The van der Waals surface area contributed by atoms with Crippen LogP contribution < -0.4 is 10.0 Å². The molecule has 144 valence electrons. The number of thioether (sulfide) groups is 2. The number of carbonyl (C=O) groups excluding carboxylic acids is 3. The molecule has 0 aromatic carbocycles. The zero-order valence-corrected chi connectivity index (χ0v) is 16.2. The highest BCUT2D eigenvalue weighted by atomic mass is 32.2. The number of amides is 3. The van der Waals surface area contributed by atoms with Gasteiger partial charge in [-0.2, -0.15) is 4.73 Å². The maximum Gasteiger partial charge on any atom is 0.293 e. The molecule has 8 nitrogen and oxygen atoms in total. The van der Waals surface area contributed by atoms with Gasteiger partial charge in [-0.3, -0.25) is 24.3 Å². The van der Waals surface area contributed by atoms with Gasteiger partial charge in [0, 0.05) is 37.6 Å². The van der Waals surface area contributed by atoms with Crippen LogP contribution in [0.1, 0.15) is 5.56 Å². The predicted molar refractivity (Wildman–Crippen MR) is 106 cm³/mol. The average molecular weight is 416 g/mol. The second kappa shape index (κ2) is 9.38. The minimum Gasteiger partial charge on any atom is -0.618 e. The van der Waals surface area contributed by atoms with Gasteiger partial charge in [0.05, 0.1) is 10.7 Å². The normalized spacial score (nSPS) is 15.3. The van der Waals surface area contributed by atoms with Gasteiger partial charge in [-0.1, -0.05) is 6.07 Å². The van der Waals surface area contributed by atoms with Gasteiger partial charge in [-0.05, 0) is 47.3 Å². The molecule has 1 N–H and O–H groups in total. The zero-order valence-electron chi connectivity index (χ0n) is 14.6. The molecule has 3 heterocycles. The summed E-state index contributed by atoms with van der Waals surface area (Å²) in [4.78, 5) is 41.8. The van der Waals surface area contributed by atoms with Crippen LogP contribution in [0.15, 0.2) is 58.9 Å². The molecule has 0 saturated carbocycles. The summed E-state index contributed by atoms with van der Waals surface area (Å²) in [5, 5.41) is 14.2. The number of imide groups is 1. The lowest BCUT2D eigenvalue weighted by Crippen LogP contribution is -2.38. The van der Waals surface area contributed by atoms with E-state index >= 15 is 0 Å². The van der Waals surface area contributed by atoms with Gasteiger partial charge in [0.25, 0.3) is 16.2 Å². The van der Waals surface area contributed by atoms with Gasteiger partial charge in [-0.15, -0.1) is 0 Å². The smallest absolute Gasteiger partial charge is 0.293 e. The standard InChI is InChI=1S/C18H16N4O4S2/c23-15(12-27-16-5-1-2-8-22(16)26)20-7-9-21-17(24)14(28-18(21)25)10-13-4-3-6-19-11-13/h1-6,8,10-11H,7,9,12H2,(H,20,23)/b14-10-. The fraction of sp³-hybridized carbons (Fsp3) is 0.167. The topological polar surface area (TPSA) is 106 Å². The van der Waals surface area contributed by atoms with Crippen molar-refractivity contribution < 1.29 is 19.1 Å². The van der Waals surface area contributed by atoms with Crippen molar-refractivity contribution in [1.82, 2.24) is 15.2 Å². The lowest BCUT2D eigenvalue weighted by Gasteiger charge is -2.12. The molecule has 1 aliphatic heterocycles. The number of aromatic nitrogens is 2. The Morgan fingerprint density at radius 1 is 1.32 bits per heavy atom. The van der Waals surface area contributed by atoms with Crippen molar-refractivity contribution in [2.75, 3.05) is 18.8 Å². The lowest BCUT2D eigenvalue weighted by molar-refractivity contribution is -0.645. The minimum atomic E-state index is -0.390. The monoisotopic (exact) mass is 416 g/mol. The van der Waals surface area contributed by atoms with Crippen molar-refractivity contribution in [2.24, 2.45) is 0 Å². The van der Waals surface area contributed by atoms with Gasteiger partial charge < -0.3 is 10.5 Å². The highest BCUT2D eigenvalue weighted by Crippen LogP contribution is 2.31. The van der Waals surface area contributed by atoms with E-state index in [1.54, 1.807) is 48.8 Å². The lowest BCUT2D eigenvalue weighted by atomic mass is 10.2. The molecule has 28 heavy (non-hydrogen) atoms. The van der Waals surface area contributed by atoms with Crippen molar-refractivity contribution in [3.8, 4) is 0 Å². The van der Waals surface area contributed by atoms with E-state index in [0.29, 0.717) is 14.7 Å². The maximum absolute atomic E-state index is 12.4. The summed E-state index contributed by atoms with van der Waals surface area (Å²) in [6.07, 6.45) is 6.20. The molecule has 0 radical (unpaired) electrons. The number of nitrogens with zero attached hydrogens (tertiary/aromatic N) is 3. The molecule has 10 heteroatoms. The Balaban J connectivity index is 1.47. The molecule has 1 fully saturated rings. The van der Waals surface area contributed by atoms with Gasteiger partial charge in [0.15, 0.2) is 6.20 Å². The summed E-state index contributed by atoms with van der Waals surface area (Å²) >= 11 is 1.97. The van der Waals surface area contributed by atoms with Crippen molar-refractivity contribution in [1.29, 1.82) is 0 Å². The first kappa shape index (κ1) is 19.9. The minimum absolute atomic E-state index is 0.0645. The van der Waals surface area contributed by atoms with Gasteiger partial charge in [0.2, 0.25) is 5.91 Å². The molecule has 0 bridgehead atoms. The third kappa shape index (κ3) is 5.11.